The van der Waals surface area contributed by atoms with Crippen molar-refractivity contribution in [2.45, 2.75) is 64.1 Å². The zero-order chi connectivity index (χ0) is 23.6. The Morgan fingerprint density at radius 3 is 2.35 bits per heavy atom. The summed E-state index contributed by atoms with van der Waals surface area (Å²) in [4.78, 5) is 17.8. The minimum Gasteiger partial charge on any atom is -0.457 e. The standard InChI is InChI=1S/C28H40N4O2/c1-2-3-19-32(28(33)30-24-13-17-29-18-14-24)25-15-20-31(21-16-25)22-23-9-11-27(12-10-23)34-26-7-5-4-6-8-26/h4-12,24-25,29H,2-3,13-22H2,1H3,(H,30,33). The Kier molecular flexibility index (Phi) is 9.22. The van der Waals surface area contributed by atoms with Crippen LogP contribution < -0.4 is 15.4 Å². The fraction of sp³-hybridized carbons (Fsp3) is 0.536. The molecule has 6 nitrogen and oxygen atoms in total. The molecule has 2 aromatic carbocycles. The number of rotatable bonds is 9. The average molecular weight is 465 g/mol. The van der Waals surface area contributed by atoms with E-state index < -0.39 is 0 Å². The molecular formula is C28H40N4O2. The third kappa shape index (κ3) is 7.21. The van der Waals surface area contributed by atoms with Crippen molar-refractivity contribution < 1.29 is 9.53 Å². The van der Waals surface area contributed by atoms with Crippen molar-refractivity contribution in [3.63, 3.8) is 0 Å². The summed E-state index contributed by atoms with van der Waals surface area (Å²) in [6, 6.07) is 19.1. The third-order valence-electron chi connectivity index (χ3n) is 6.99. The first-order valence-electron chi connectivity index (χ1n) is 13.0. The van der Waals surface area contributed by atoms with E-state index in [-0.39, 0.29) is 6.03 Å². The Hall–Kier alpha value is -2.57. The fourth-order valence-corrected chi connectivity index (χ4v) is 4.94. The summed E-state index contributed by atoms with van der Waals surface area (Å²) in [6.45, 7) is 8.04. The quantitative estimate of drug-likeness (QED) is 0.548. The summed E-state index contributed by atoms with van der Waals surface area (Å²) in [5.74, 6) is 1.72. The predicted molar refractivity (Wildman–Crippen MR) is 137 cm³/mol. The van der Waals surface area contributed by atoms with E-state index in [2.05, 4.69) is 39.5 Å². The predicted octanol–water partition coefficient (Wildman–Crippen LogP) is 5.01. The number of piperidine rings is 2. The van der Waals surface area contributed by atoms with Gasteiger partial charge in [0.25, 0.3) is 0 Å². The largest absolute Gasteiger partial charge is 0.457 e. The van der Waals surface area contributed by atoms with Gasteiger partial charge < -0.3 is 20.3 Å². The van der Waals surface area contributed by atoms with Gasteiger partial charge in [0.05, 0.1) is 0 Å². The molecule has 0 saturated carbocycles. The van der Waals surface area contributed by atoms with E-state index in [1.54, 1.807) is 0 Å². The molecule has 2 aromatic rings. The first-order chi connectivity index (χ1) is 16.7. The van der Waals surface area contributed by atoms with Gasteiger partial charge in [-0.2, -0.15) is 0 Å². The third-order valence-corrected chi connectivity index (χ3v) is 6.99. The number of unbranched alkanes of at least 4 members (excludes halogenated alkanes) is 1. The van der Waals surface area contributed by atoms with E-state index in [1.165, 1.54) is 5.56 Å². The second-order valence-corrected chi connectivity index (χ2v) is 9.59. The second-order valence-electron chi connectivity index (χ2n) is 9.59. The fourth-order valence-electron chi connectivity index (χ4n) is 4.94. The Morgan fingerprint density at radius 2 is 1.68 bits per heavy atom. The van der Waals surface area contributed by atoms with Crippen LogP contribution in [0.15, 0.2) is 54.6 Å². The number of benzene rings is 2. The highest BCUT2D eigenvalue weighted by Gasteiger charge is 2.29. The van der Waals surface area contributed by atoms with Gasteiger partial charge in [-0.1, -0.05) is 43.7 Å². The second kappa shape index (κ2) is 12.8. The maximum Gasteiger partial charge on any atom is 0.317 e. The van der Waals surface area contributed by atoms with Crippen LogP contribution in [-0.2, 0) is 6.54 Å². The molecule has 2 fully saturated rings. The molecule has 184 valence electrons. The Balaban J connectivity index is 1.26. The van der Waals surface area contributed by atoms with Crippen molar-refractivity contribution in [3.8, 4) is 11.5 Å². The first-order valence-corrected chi connectivity index (χ1v) is 13.0. The Labute approximate surface area is 204 Å². The van der Waals surface area contributed by atoms with E-state index >= 15 is 0 Å². The number of para-hydroxylation sites is 1. The van der Waals surface area contributed by atoms with Crippen LogP contribution in [0.3, 0.4) is 0 Å². The summed E-state index contributed by atoms with van der Waals surface area (Å²) >= 11 is 0. The van der Waals surface area contributed by atoms with Crippen LogP contribution in [0.5, 0.6) is 11.5 Å². The Morgan fingerprint density at radius 1 is 1.00 bits per heavy atom. The lowest BCUT2D eigenvalue weighted by Crippen LogP contribution is -2.54. The molecule has 4 rings (SSSR count). The molecule has 2 saturated heterocycles. The molecule has 2 aliphatic rings. The Bertz CT molecular complexity index is 860. The summed E-state index contributed by atoms with van der Waals surface area (Å²) in [7, 11) is 0. The lowest BCUT2D eigenvalue weighted by atomic mass is 10.0. The highest BCUT2D eigenvalue weighted by Crippen LogP contribution is 2.23. The normalized spacial score (nSPS) is 17.9. The van der Waals surface area contributed by atoms with Gasteiger partial charge in [-0.05, 0) is 75.0 Å². The van der Waals surface area contributed by atoms with Crippen molar-refractivity contribution in [1.82, 2.24) is 20.4 Å². The number of likely N-dealkylation sites (tertiary alicyclic amines) is 1. The number of amides is 2. The first kappa shape index (κ1) is 24.6. The number of urea groups is 1. The summed E-state index contributed by atoms with van der Waals surface area (Å²) in [5, 5.41) is 6.70. The number of hydrogen-bond acceptors (Lipinski definition) is 4. The molecule has 0 atom stereocenters. The number of nitrogens with one attached hydrogen (secondary N) is 2. The van der Waals surface area contributed by atoms with Gasteiger partial charge >= 0.3 is 6.03 Å². The summed E-state index contributed by atoms with van der Waals surface area (Å²) in [6.07, 6.45) is 6.32. The summed E-state index contributed by atoms with van der Waals surface area (Å²) < 4.78 is 5.91. The van der Waals surface area contributed by atoms with Crippen molar-refractivity contribution in [3.05, 3.63) is 60.2 Å². The lowest BCUT2D eigenvalue weighted by Gasteiger charge is -2.39. The molecule has 2 amide bonds. The van der Waals surface area contributed by atoms with E-state index in [0.717, 1.165) is 89.3 Å². The molecule has 2 N–H and O–H groups in total. The van der Waals surface area contributed by atoms with Gasteiger partial charge in [0, 0.05) is 38.3 Å². The highest BCUT2D eigenvalue weighted by molar-refractivity contribution is 5.75. The number of carbonyl (C=O) groups is 1. The van der Waals surface area contributed by atoms with Gasteiger partial charge in [-0.15, -0.1) is 0 Å². The monoisotopic (exact) mass is 464 g/mol. The van der Waals surface area contributed by atoms with Crippen LogP contribution in [0.1, 0.15) is 51.0 Å². The van der Waals surface area contributed by atoms with Crippen LogP contribution in [0.2, 0.25) is 0 Å². The van der Waals surface area contributed by atoms with Crippen LogP contribution in [0.4, 0.5) is 4.79 Å². The maximum atomic E-state index is 13.1. The lowest BCUT2D eigenvalue weighted by molar-refractivity contribution is 0.113. The van der Waals surface area contributed by atoms with Crippen LogP contribution in [0, 0.1) is 0 Å². The zero-order valence-corrected chi connectivity index (χ0v) is 20.5. The van der Waals surface area contributed by atoms with Gasteiger partial charge in [0.2, 0.25) is 0 Å². The molecule has 6 heteroatoms. The molecule has 0 aromatic heterocycles. The van der Waals surface area contributed by atoms with Crippen LogP contribution in [-0.4, -0.2) is 60.6 Å². The molecule has 0 radical (unpaired) electrons. The molecule has 2 heterocycles. The maximum absolute atomic E-state index is 13.1. The van der Waals surface area contributed by atoms with Crippen LogP contribution >= 0.6 is 0 Å². The van der Waals surface area contributed by atoms with E-state index in [9.17, 15) is 4.79 Å². The molecule has 0 unspecified atom stereocenters. The zero-order valence-electron chi connectivity index (χ0n) is 20.5. The molecule has 2 aliphatic heterocycles. The number of ether oxygens (including phenoxy) is 1. The topological polar surface area (TPSA) is 56.8 Å². The van der Waals surface area contributed by atoms with E-state index in [1.807, 2.05) is 42.5 Å². The van der Waals surface area contributed by atoms with Crippen molar-refractivity contribution in [1.29, 1.82) is 0 Å². The minimum atomic E-state index is 0.146. The van der Waals surface area contributed by atoms with Gasteiger partial charge in [0.1, 0.15) is 11.5 Å². The average Bonchev–Trinajstić information content (AvgIpc) is 2.88. The van der Waals surface area contributed by atoms with Crippen molar-refractivity contribution in [2.75, 3.05) is 32.7 Å². The SMILES string of the molecule is CCCCN(C(=O)NC1CCNCC1)C1CCN(Cc2ccc(Oc3ccccc3)cc2)CC1. The smallest absolute Gasteiger partial charge is 0.317 e. The number of nitrogens with zero attached hydrogens (tertiary/aromatic N) is 2. The van der Waals surface area contributed by atoms with Crippen LogP contribution in [0.25, 0.3) is 0 Å². The van der Waals surface area contributed by atoms with Gasteiger partial charge in [-0.25, -0.2) is 4.79 Å². The van der Waals surface area contributed by atoms with Gasteiger partial charge in [-0.3, -0.25) is 4.90 Å². The number of carbonyl (C=O) groups excluding carboxylic acids is 1. The molecule has 0 bridgehead atoms. The molecular weight excluding hydrogens is 424 g/mol. The van der Waals surface area contributed by atoms with Crippen molar-refractivity contribution >= 4 is 6.03 Å². The highest BCUT2D eigenvalue weighted by atomic mass is 16.5. The van der Waals surface area contributed by atoms with Crippen molar-refractivity contribution in [2.24, 2.45) is 0 Å². The molecule has 0 aliphatic carbocycles. The minimum absolute atomic E-state index is 0.146. The van der Waals surface area contributed by atoms with E-state index in [0.29, 0.717) is 12.1 Å². The molecule has 34 heavy (non-hydrogen) atoms. The number of hydrogen-bond donors (Lipinski definition) is 2. The van der Waals surface area contributed by atoms with E-state index in [4.69, 9.17) is 4.74 Å². The summed E-state index contributed by atoms with van der Waals surface area (Å²) in [5.41, 5.74) is 1.30. The molecule has 0 spiro atoms. The van der Waals surface area contributed by atoms with Gasteiger partial charge in [0.15, 0.2) is 0 Å².